The maximum atomic E-state index is 9.81. The lowest BCUT2D eigenvalue weighted by Crippen LogP contribution is -1.99. The average molecular weight is 207 g/mol. The van der Waals surface area contributed by atoms with E-state index in [-0.39, 0.29) is 0 Å². The van der Waals surface area contributed by atoms with Crippen LogP contribution in [0, 0.1) is 0 Å². The minimum Gasteiger partial charge on any atom is -0.508 e. The summed E-state index contributed by atoms with van der Waals surface area (Å²) in [4.78, 5) is 0. The number of benzene rings is 1. The number of phenolic OH excluding ortho intramolecular Hbond substituents is 1. The molecule has 0 fully saturated rings. The first-order valence-corrected chi connectivity index (χ1v) is 5.67. The van der Waals surface area contributed by atoms with Gasteiger partial charge in [-0.25, -0.2) is 0 Å². The molecular weight excluding hydrogens is 186 g/mol. The molecule has 0 aliphatic rings. The summed E-state index contributed by atoms with van der Waals surface area (Å²) in [5, 5.41) is 9.81. The highest BCUT2D eigenvalue weighted by atomic mass is 16.3. The lowest BCUT2D eigenvalue weighted by Gasteiger charge is -2.09. The fraction of sp³-hybridized carbons (Fsp3) is 0.538. The molecule has 3 N–H and O–H groups in total. The van der Waals surface area contributed by atoms with Crippen molar-refractivity contribution in [1.29, 1.82) is 0 Å². The number of unbranched alkanes of at least 4 members (excludes halogenated alkanes) is 1. The Morgan fingerprint density at radius 2 is 2.00 bits per heavy atom. The minimum atomic E-state index is 0.429. The molecule has 0 aromatic heterocycles. The first-order chi connectivity index (χ1) is 7.15. The molecule has 0 aliphatic heterocycles. The summed E-state index contributed by atoms with van der Waals surface area (Å²) in [6.07, 6.45) is 2.98. The number of hydrogen-bond donors (Lipinski definition) is 2. The van der Waals surface area contributed by atoms with Crippen LogP contribution in [0.25, 0.3) is 0 Å². The third-order valence-corrected chi connectivity index (χ3v) is 2.68. The van der Waals surface area contributed by atoms with Gasteiger partial charge in [-0.3, -0.25) is 0 Å². The summed E-state index contributed by atoms with van der Waals surface area (Å²) in [6, 6.07) is 6.01. The molecule has 1 aromatic rings. The normalized spacial score (nSPS) is 10.9. The van der Waals surface area contributed by atoms with E-state index in [0.29, 0.717) is 11.7 Å². The Balaban J connectivity index is 2.66. The molecule has 1 rings (SSSR count). The van der Waals surface area contributed by atoms with Gasteiger partial charge in [-0.15, -0.1) is 0 Å². The molecule has 0 heterocycles. The third-order valence-electron chi connectivity index (χ3n) is 2.68. The van der Waals surface area contributed by atoms with Crippen molar-refractivity contribution >= 4 is 0 Å². The van der Waals surface area contributed by atoms with Crippen molar-refractivity contribution in [3.63, 3.8) is 0 Å². The van der Waals surface area contributed by atoms with Crippen molar-refractivity contribution in [3.8, 4) is 5.75 Å². The van der Waals surface area contributed by atoms with Crippen molar-refractivity contribution in [2.24, 2.45) is 5.73 Å². The molecule has 2 nitrogen and oxygen atoms in total. The van der Waals surface area contributed by atoms with Crippen molar-refractivity contribution in [2.75, 3.05) is 6.54 Å². The summed E-state index contributed by atoms with van der Waals surface area (Å²) >= 11 is 0. The second-order valence-corrected chi connectivity index (χ2v) is 4.29. The topological polar surface area (TPSA) is 46.2 Å². The molecule has 0 atom stereocenters. The van der Waals surface area contributed by atoms with Crippen LogP contribution in [-0.2, 0) is 6.42 Å². The smallest absolute Gasteiger partial charge is 0.119 e. The van der Waals surface area contributed by atoms with Crippen LogP contribution in [0.5, 0.6) is 5.75 Å². The predicted molar refractivity (Wildman–Crippen MR) is 64.2 cm³/mol. The van der Waals surface area contributed by atoms with E-state index in [9.17, 15) is 5.11 Å². The standard InChI is InChI=1S/C13H21NO/c1-10(2)12-7-6-11(13(15)9-12)5-3-4-8-14/h6-7,9-10,15H,3-5,8,14H2,1-2H3. The van der Waals surface area contributed by atoms with Crippen LogP contribution in [0.2, 0.25) is 0 Å². The van der Waals surface area contributed by atoms with Gasteiger partial charge in [-0.2, -0.15) is 0 Å². The van der Waals surface area contributed by atoms with Crippen molar-refractivity contribution < 1.29 is 5.11 Å². The summed E-state index contributed by atoms with van der Waals surface area (Å²) < 4.78 is 0. The molecule has 0 amide bonds. The van der Waals surface area contributed by atoms with E-state index in [0.717, 1.165) is 31.4 Å². The van der Waals surface area contributed by atoms with Gasteiger partial charge in [-0.1, -0.05) is 26.0 Å². The molecule has 0 radical (unpaired) electrons. The third kappa shape index (κ3) is 3.56. The van der Waals surface area contributed by atoms with E-state index in [4.69, 9.17) is 5.73 Å². The van der Waals surface area contributed by atoms with Gasteiger partial charge in [0.1, 0.15) is 5.75 Å². The van der Waals surface area contributed by atoms with Gasteiger partial charge < -0.3 is 10.8 Å². The van der Waals surface area contributed by atoms with Crippen molar-refractivity contribution in [1.82, 2.24) is 0 Å². The zero-order chi connectivity index (χ0) is 11.3. The number of hydrogen-bond acceptors (Lipinski definition) is 2. The number of rotatable bonds is 5. The Hall–Kier alpha value is -1.02. The Labute approximate surface area is 92.1 Å². The molecular formula is C13H21NO. The average Bonchev–Trinajstić information content (AvgIpc) is 2.20. The zero-order valence-electron chi connectivity index (χ0n) is 9.66. The second kappa shape index (κ2) is 5.76. The van der Waals surface area contributed by atoms with Crippen molar-refractivity contribution in [3.05, 3.63) is 29.3 Å². The Bertz CT molecular complexity index is 307. The zero-order valence-corrected chi connectivity index (χ0v) is 9.66. The summed E-state index contributed by atoms with van der Waals surface area (Å²) in [5.41, 5.74) is 7.66. The van der Waals surface area contributed by atoms with Gasteiger partial charge in [0, 0.05) is 0 Å². The van der Waals surface area contributed by atoms with Gasteiger partial charge in [-0.05, 0) is 48.9 Å². The first-order valence-electron chi connectivity index (χ1n) is 5.67. The van der Waals surface area contributed by atoms with E-state index in [1.807, 2.05) is 12.1 Å². The highest BCUT2D eigenvalue weighted by Gasteiger charge is 2.04. The Morgan fingerprint density at radius 3 is 2.53 bits per heavy atom. The summed E-state index contributed by atoms with van der Waals surface area (Å²) in [5.74, 6) is 0.896. The predicted octanol–water partition coefficient (Wildman–Crippen LogP) is 2.80. The maximum absolute atomic E-state index is 9.81. The molecule has 15 heavy (non-hydrogen) atoms. The molecule has 1 aromatic carbocycles. The van der Waals surface area contributed by atoms with Crippen LogP contribution < -0.4 is 5.73 Å². The maximum Gasteiger partial charge on any atom is 0.119 e. The van der Waals surface area contributed by atoms with Gasteiger partial charge in [0.15, 0.2) is 0 Å². The quantitative estimate of drug-likeness (QED) is 0.729. The Kier molecular flexibility index (Phi) is 4.63. The molecule has 2 heteroatoms. The molecule has 0 bridgehead atoms. The van der Waals surface area contributed by atoms with Gasteiger partial charge in [0.2, 0.25) is 0 Å². The molecule has 0 saturated heterocycles. The lowest BCUT2D eigenvalue weighted by molar-refractivity contribution is 0.465. The largest absolute Gasteiger partial charge is 0.508 e. The van der Waals surface area contributed by atoms with E-state index in [1.165, 1.54) is 5.56 Å². The lowest BCUT2D eigenvalue weighted by atomic mass is 9.99. The van der Waals surface area contributed by atoms with E-state index < -0.39 is 0 Å². The molecule has 84 valence electrons. The first kappa shape index (κ1) is 12.1. The number of nitrogens with two attached hydrogens (primary N) is 1. The summed E-state index contributed by atoms with van der Waals surface area (Å²) in [7, 11) is 0. The monoisotopic (exact) mass is 207 g/mol. The van der Waals surface area contributed by atoms with Crippen LogP contribution in [0.3, 0.4) is 0 Å². The summed E-state index contributed by atoms with van der Waals surface area (Å²) in [6.45, 7) is 4.98. The van der Waals surface area contributed by atoms with Crippen molar-refractivity contribution in [2.45, 2.75) is 39.0 Å². The van der Waals surface area contributed by atoms with E-state index in [2.05, 4.69) is 19.9 Å². The molecule has 0 unspecified atom stereocenters. The van der Waals surface area contributed by atoms with Gasteiger partial charge in [0.05, 0.1) is 0 Å². The highest BCUT2D eigenvalue weighted by molar-refractivity contribution is 5.37. The van der Waals surface area contributed by atoms with Crippen LogP contribution in [0.4, 0.5) is 0 Å². The Morgan fingerprint density at radius 1 is 1.27 bits per heavy atom. The van der Waals surface area contributed by atoms with Crippen LogP contribution in [-0.4, -0.2) is 11.7 Å². The number of aryl methyl sites for hydroxylation is 1. The second-order valence-electron chi connectivity index (χ2n) is 4.29. The molecule has 0 saturated carbocycles. The van der Waals surface area contributed by atoms with E-state index >= 15 is 0 Å². The fourth-order valence-electron chi connectivity index (χ4n) is 1.61. The molecule has 0 spiro atoms. The van der Waals surface area contributed by atoms with Crippen LogP contribution in [0.1, 0.15) is 43.7 Å². The van der Waals surface area contributed by atoms with Crippen LogP contribution >= 0.6 is 0 Å². The molecule has 0 aliphatic carbocycles. The highest BCUT2D eigenvalue weighted by Crippen LogP contribution is 2.24. The van der Waals surface area contributed by atoms with E-state index in [1.54, 1.807) is 0 Å². The number of phenols is 1. The van der Waals surface area contributed by atoms with Gasteiger partial charge in [0.25, 0.3) is 0 Å². The SMILES string of the molecule is CC(C)c1ccc(CCCCN)c(O)c1. The minimum absolute atomic E-state index is 0.429. The van der Waals surface area contributed by atoms with Crippen LogP contribution in [0.15, 0.2) is 18.2 Å². The number of aromatic hydroxyl groups is 1. The fourth-order valence-corrected chi connectivity index (χ4v) is 1.61. The van der Waals surface area contributed by atoms with Gasteiger partial charge >= 0.3 is 0 Å².